The number of amides is 2. The fraction of sp³-hybridized carbons (Fsp3) is 0.579. The fourth-order valence-electron chi connectivity index (χ4n) is 3.19. The highest BCUT2D eigenvalue weighted by Crippen LogP contribution is 2.21. The molecule has 0 N–H and O–H groups in total. The minimum Gasteiger partial charge on any atom is -0.342 e. The number of hydrogen-bond donors (Lipinski definition) is 0. The number of nitrogens with zero attached hydrogens (tertiary/aromatic N) is 3. The Hall–Kier alpha value is -1.88. The van der Waals surface area contributed by atoms with Gasteiger partial charge in [-0.05, 0) is 39.4 Å². The van der Waals surface area contributed by atoms with Crippen molar-refractivity contribution in [3.63, 3.8) is 0 Å². The highest BCUT2D eigenvalue weighted by molar-refractivity contribution is 5.83. The molecule has 2 rings (SSSR count). The Kier molecular flexibility index (Phi) is 6.37. The SMILES string of the molecule is Cc1cccc(C(C(=O)N(C)CCN2CCCCC2=O)N(C)C)c1. The molecule has 1 heterocycles. The van der Waals surface area contributed by atoms with Crippen molar-refractivity contribution in [3.05, 3.63) is 35.4 Å². The standard InChI is InChI=1S/C19H29N3O2/c1-15-8-7-9-16(14-15)18(20(2)3)19(24)21(4)12-13-22-11-6-5-10-17(22)23/h7-9,14,18H,5-6,10-13H2,1-4H3. The summed E-state index contributed by atoms with van der Waals surface area (Å²) in [5.74, 6) is 0.278. The number of rotatable bonds is 6. The zero-order valence-corrected chi connectivity index (χ0v) is 15.3. The number of likely N-dealkylation sites (tertiary alicyclic amines) is 1. The van der Waals surface area contributed by atoms with Crippen LogP contribution in [0.3, 0.4) is 0 Å². The Morgan fingerprint density at radius 2 is 2.00 bits per heavy atom. The summed E-state index contributed by atoms with van der Waals surface area (Å²) in [5.41, 5.74) is 2.15. The van der Waals surface area contributed by atoms with Crippen molar-refractivity contribution in [3.8, 4) is 0 Å². The van der Waals surface area contributed by atoms with Gasteiger partial charge in [-0.2, -0.15) is 0 Å². The first-order valence-electron chi connectivity index (χ1n) is 8.66. The van der Waals surface area contributed by atoms with Gasteiger partial charge in [0.05, 0.1) is 0 Å². The zero-order chi connectivity index (χ0) is 17.7. The van der Waals surface area contributed by atoms with E-state index in [0.29, 0.717) is 19.5 Å². The third kappa shape index (κ3) is 4.57. The van der Waals surface area contributed by atoms with Gasteiger partial charge in [-0.1, -0.05) is 29.8 Å². The summed E-state index contributed by atoms with van der Waals surface area (Å²) in [5, 5.41) is 0. The Balaban J connectivity index is 2.02. The molecule has 132 valence electrons. The van der Waals surface area contributed by atoms with Gasteiger partial charge in [0.25, 0.3) is 0 Å². The lowest BCUT2D eigenvalue weighted by Crippen LogP contribution is -2.44. The van der Waals surface area contributed by atoms with E-state index in [1.54, 1.807) is 4.90 Å². The molecule has 0 aliphatic carbocycles. The third-order valence-corrected chi connectivity index (χ3v) is 4.61. The molecule has 5 heteroatoms. The van der Waals surface area contributed by atoms with E-state index in [1.165, 1.54) is 0 Å². The largest absolute Gasteiger partial charge is 0.342 e. The van der Waals surface area contributed by atoms with E-state index >= 15 is 0 Å². The van der Waals surface area contributed by atoms with E-state index in [4.69, 9.17) is 0 Å². The summed E-state index contributed by atoms with van der Waals surface area (Å²) >= 11 is 0. The van der Waals surface area contributed by atoms with Crippen LogP contribution < -0.4 is 0 Å². The van der Waals surface area contributed by atoms with Gasteiger partial charge < -0.3 is 9.80 Å². The molecule has 1 fully saturated rings. The molecular weight excluding hydrogens is 302 g/mol. The zero-order valence-electron chi connectivity index (χ0n) is 15.3. The van der Waals surface area contributed by atoms with Gasteiger partial charge in [-0.25, -0.2) is 0 Å². The van der Waals surface area contributed by atoms with Crippen molar-refractivity contribution in [1.82, 2.24) is 14.7 Å². The summed E-state index contributed by atoms with van der Waals surface area (Å²) in [6, 6.07) is 7.78. The molecule has 2 amide bonds. The third-order valence-electron chi connectivity index (χ3n) is 4.61. The monoisotopic (exact) mass is 331 g/mol. The van der Waals surface area contributed by atoms with Crippen molar-refractivity contribution in [2.24, 2.45) is 0 Å². The van der Waals surface area contributed by atoms with Crippen LogP contribution in [0.5, 0.6) is 0 Å². The van der Waals surface area contributed by atoms with Crippen molar-refractivity contribution < 1.29 is 9.59 Å². The van der Waals surface area contributed by atoms with E-state index < -0.39 is 0 Å². The van der Waals surface area contributed by atoms with Gasteiger partial charge in [-0.3, -0.25) is 14.5 Å². The maximum atomic E-state index is 12.9. The van der Waals surface area contributed by atoms with Crippen LogP contribution in [0, 0.1) is 6.92 Å². The molecule has 0 spiro atoms. The van der Waals surface area contributed by atoms with E-state index in [1.807, 2.05) is 56.1 Å². The number of carbonyl (C=O) groups excluding carboxylic acids is 2. The molecule has 24 heavy (non-hydrogen) atoms. The average molecular weight is 331 g/mol. The minimum absolute atomic E-state index is 0.0649. The van der Waals surface area contributed by atoms with Crippen LogP contribution in [-0.2, 0) is 9.59 Å². The van der Waals surface area contributed by atoms with Gasteiger partial charge in [0.15, 0.2) is 0 Å². The van der Waals surface area contributed by atoms with E-state index in [0.717, 1.165) is 30.5 Å². The van der Waals surface area contributed by atoms with Crippen LogP contribution in [0.2, 0.25) is 0 Å². The van der Waals surface area contributed by atoms with E-state index in [9.17, 15) is 9.59 Å². The van der Waals surface area contributed by atoms with Crippen molar-refractivity contribution in [1.29, 1.82) is 0 Å². The molecule has 1 aromatic carbocycles. The molecule has 0 radical (unpaired) electrons. The number of piperidine rings is 1. The van der Waals surface area contributed by atoms with Gasteiger partial charge in [0.2, 0.25) is 11.8 Å². The summed E-state index contributed by atoms with van der Waals surface area (Å²) in [7, 11) is 5.67. The Morgan fingerprint density at radius 3 is 2.62 bits per heavy atom. The molecule has 5 nitrogen and oxygen atoms in total. The number of carbonyl (C=O) groups is 2. The molecule has 1 aromatic rings. The van der Waals surface area contributed by atoms with Crippen molar-refractivity contribution in [2.75, 3.05) is 40.8 Å². The van der Waals surface area contributed by atoms with Crippen LogP contribution in [0.25, 0.3) is 0 Å². The maximum Gasteiger partial charge on any atom is 0.244 e. The van der Waals surface area contributed by atoms with Gasteiger partial charge >= 0.3 is 0 Å². The molecule has 1 aliphatic rings. The number of likely N-dealkylation sites (N-methyl/N-ethyl adjacent to an activating group) is 2. The minimum atomic E-state index is -0.299. The van der Waals surface area contributed by atoms with Gasteiger partial charge in [0.1, 0.15) is 6.04 Å². The lowest BCUT2D eigenvalue weighted by molar-refractivity contribution is -0.138. The second-order valence-corrected chi connectivity index (χ2v) is 6.88. The van der Waals surface area contributed by atoms with Gasteiger partial charge in [-0.15, -0.1) is 0 Å². The number of aryl methyl sites for hydroxylation is 1. The van der Waals surface area contributed by atoms with E-state index in [2.05, 4.69) is 6.07 Å². The van der Waals surface area contributed by atoms with Crippen molar-refractivity contribution in [2.45, 2.75) is 32.2 Å². The lowest BCUT2D eigenvalue weighted by Gasteiger charge is -2.32. The predicted molar refractivity (Wildman–Crippen MR) is 95.7 cm³/mol. The van der Waals surface area contributed by atoms with Crippen LogP contribution in [0.1, 0.15) is 36.4 Å². The van der Waals surface area contributed by atoms with Crippen LogP contribution in [-0.4, -0.2) is 67.3 Å². The number of benzene rings is 1. The van der Waals surface area contributed by atoms with Gasteiger partial charge in [0, 0.05) is 33.1 Å². The fourth-order valence-corrected chi connectivity index (χ4v) is 3.19. The highest BCUT2D eigenvalue weighted by Gasteiger charge is 2.27. The Morgan fingerprint density at radius 1 is 1.25 bits per heavy atom. The van der Waals surface area contributed by atoms with Crippen LogP contribution in [0.4, 0.5) is 0 Å². The predicted octanol–water partition coefficient (Wildman–Crippen LogP) is 2.07. The molecule has 0 bridgehead atoms. The summed E-state index contributed by atoms with van der Waals surface area (Å²) in [6.07, 6.45) is 2.69. The first-order chi connectivity index (χ1) is 11.4. The second kappa shape index (κ2) is 8.29. The van der Waals surface area contributed by atoms with E-state index in [-0.39, 0.29) is 17.9 Å². The normalized spacial score (nSPS) is 16.4. The quantitative estimate of drug-likeness (QED) is 0.801. The Bertz CT molecular complexity index is 586. The highest BCUT2D eigenvalue weighted by atomic mass is 16.2. The first kappa shape index (κ1) is 18.5. The first-order valence-corrected chi connectivity index (χ1v) is 8.66. The average Bonchev–Trinajstić information content (AvgIpc) is 2.53. The molecule has 1 saturated heterocycles. The molecule has 1 unspecified atom stereocenters. The summed E-state index contributed by atoms with van der Waals surface area (Å²) < 4.78 is 0. The molecule has 1 aliphatic heterocycles. The molecule has 0 saturated carbocycles. The molecular formula is C19H29N3O2. The Labute approximate surface area is 145 Å². The molecule has 0 aromatic heterocycles. The van der Waals surface area contributed by atoms with Crippen LogP contribution in [0.15, 0.2) is 24.3 Å². The maximum absolute atomic E-state index is 12.9. The topological polar surface area (TPSA) is 43.9 Å². The van der Waals surface area contributed by atoms with Crippen LogP contribution >= 0.6 is 0 Å². The summed E-state index contributed by atoms with van der Waals surface area (Å²) in [6.45, 7) is 4.04. The smallest absolute Gasteiger partial charge is 0.244 e. The summed E-state index contributed by atoms with van der Waals surface area (Å²) in [4.78, 5) is 30.4. The lowest BCUT2D eigenvalue weighted by atomic mass is 10.0. The molecule has 1 atom stereocenters. The van der Waals surface area contributed by atoms with Crippen molar-refractivity contribution >= 4 is 11.8 Å². The number of hydrogen-bond acceptors (Lipinski definition) is 3. The second-order valence-electron chi connectivity index (χ2n) is 6.88.